The van der Waals surface area contributed by atoms with Crippen molar-refractivity contribution in [1.29, 1.82) is 0 Å². The highest BCUT2D eigenvalue weighted by molar-refractivity contribution is 4.55. The van der Waals surface area contributed by atoms with Crippen LogP contribution in [0.2, 0.25) is 0 Å². The Bertz CT molecular complexity index is 77.1. The zero-order chi connectivity index (χ0) is 9.23. The fraction of sp³-hybridized carbons (Fsp3) is 1.00. The summed E-state index contributed by atoms with van der Waals surface area (Å²) in [6, 6.07) is 0. The quantitative estimate of drug-likeness (QED) is 0.553. The van der Waals surface area contributed by atoms with Crippen LogP contribution < -0.4 is 5.32 Å². The van der Waals surface area contributed by atoms with E-state index in [1.165, 1.54) is 38.6 Å². The summed E-state index contributed by atoms with van der Waals surface area (Å²) < 4.78 is 0. The Balaban J connectivity index is 3.06. The first kappa shape index (κ1) is 12.0. The third-order valence-electron chi connectivity index (χ3n) is 2.62. The Kier molecular flexibility index (Phi) is 9.02. The monoisotopic (exact) mass is 171 g/mol. The predicted octanol–water partition coefficient (Wildman–Crippen LogP) is 3.20. The lowest BCUT2D eigenvalue weighted by Crippen LogP contribution is -2.14. The van der Waals surface area contributed by atoms with Crippen molar-refractivity contribution in [3.63, 3.8) is 0 Å². The molecular formula is C11H25N. The van der Waals surface area contributed by atoms with Gasteiger partial charge in [0, 0.05) is 0 Å². The second kappa shape index (κ2) is 9.05. The van der Waals surface area contributed by atoms with Gasteiger partial charge in [0.2, 0.25) is 0 Å². The Morgan fingerprint density at radius 3 is 2.17 bits per heavy atom. The van der Waals surface area contributed by atoms with Gasteiger partial charge in [-0.1, -0.05) is 46.5 Å². The van der Waals surface area contributed by atoms with Crippen LogP contribution in [0.5, 0.6) is 0 Å². The summed E-state index contributed by atoms with van der Waals surface area (Å²) in [5, 5.41) is 3.36. The van der Waals surface area contributed by atoms with Gasteiger partial charge in [-0.15, -0.1) is 0 Å². The first-order chi connectivity index (χ1) is 5.85. The minimum Gasteiger partial charge on any atom is -0.317 e. The largest absolute Gasteiger partial charge is 0.317 e. The van der Waals surface area contributed by atoms with Crippen LogP contribution in [-0.4, -0.2) is 13.1 Å². The summed E-state index contributed by atoms with van der Waals surface area (Å²) in [5.41, 5.74) is 0. The summed E-state index contributed by atoms with van der Waals surface area (Å²) in [6.45, 7) is 9.10. The molecule has 0 radical (unpaired) electrons. The van der Waals surface area contributed by atoms with E-state index in [0.29, 0.717) is 0 Å². The van der Waals surface area contributed by atoms with Crippen LogP contribution in [0.1, 0.15) is 52.9 Å². The third-order valence-corrected chi connectivity index (χ3v) is 2.62. The van der Waals surface area contributed by atoms with Crippen LogP contribution >= 0.6 is 0 Å². The lowest BCUT2D eigenvalue weighted by Gasteiger charge is -2.11. The van der Waals surface area contributed by atoms with Crippen LogP contribution in [0.15, 0.2) is 0 Å². The molecule has 0 aliphatic heterocycles. The van der Waals surface area contributed by atoms with E-state index in [9.17, 15) is 0 Å². The molecule has 0 heterocycles. The molecule has 0 aromatic rings. The predicted molar refractivity (Wildman–Crippen MR) is 56.5 cm³/mol. The molecule has 0 aliphatic rings. The molecule has 0 fully saturated rings. The van der Waals surface area contributed by atoms with Crippen LogP contribution in [0.25, 0.3) is 0 Å². The minimum atomic E-state index is 0.978. The highest BCUT2D eigenvalue weighted by Gasteiger charge is 2.01. The Hall–Kier alpha value is -0.0400. The molecule has 0 aromatic carbocycles. The molecule has 1 N–H and O–H groups in total. The lowest BCUT2D eigenvalue weighted by molar-refractivity contribution is 0.430. The lowest BCUT2D eigenvalue weighted by atomic mass is 9.97. The second-order valence-electron chi connectivity index (χ2n) is 3.53. The smallest absolute Gasteiger partial charge is 0.00490 e. The summed E-state index contributed by atoms with van der Waals surface area (Å²) in [6.07, 6.45) is 6.90. The van der Waals surface area contributed by atoms with Crippen molar-refractivity contribution in [2.75, 3.05) is 13.1 Å². The van der Waals surface area contributed by atoms with Gasteiger partial charge in [-0.25, -0.2) is 0 Å². The molecule has 1 heteroatoms. The standard InChI is InChI=1S/C11H25N/c1-4-11(5-2)9-7-8-10-12-6-3/h11-12H,4-10H2,1-3H3. The van der Waals surface area contributed by atoms with Crippen LogP contribution in [0.4, 0.5) is 0 Å². The molecule has 0 aliphatic carbocycles. The van der Waals surface area contributed by atoms with E-state index in [0.717, 1.165) is 12.5 Å². The fourth-order valence-electron chi connectivity index (χ4n) is 1.56. The molecule has 0 spiro atoms. The van der Waals surface area contributed by atoms with Crippen molar-refractivity contribution < 1.29 is 0 Å². The molecule has 0 rings (SSSR count). The van der Waals surface area contributed by atoms with Gasteiger partial charge in [0.25, 0.3) is 0 Å². The average molecular weight is 171 g/mol. The number of nitrogens with one attached hydrogen (secondary N) is 1. The summed E-state index contributed by atoms with van der Waals surface area (Å²) in [4.78, 5) is 0. The first-order valence-electron chi connectivity index (χ1n) is 5.55. The Labute approximate surface area is 77.9 Å². The highest BCUT2D eigenvalue weighted by Crippen LogP contribution is 2.15. The molecule has 74 valence electrons. The van der Waals surface area contributed by atoms with Crippen LogP contribution in [0, 0.1) is 5.92 Å². The zero-order valence-electron chi connectivity index (χ0n) is 9.03. The van der Waals surface area contributed by atoms with Gasteiger partial charge in [-0.3, -0.25) is 0 Å². The SMILES string of the molecule is CCNCCCCC(CC)CC. The molecule has 12 heavy (non-hydrogen) atoms. The second-order valence-corrected chi connectivity index (χ2v) is 3.53. The molecule has 0 saturated heterocycles. The van der Waals surface area contributed by atoms with Gasteiger partial charge in [-0.2, -0.15) is 0 Å². The van der Waals surface area contributed by atoms with Gasteiger partial charge in [0.05, 0.1) is 0 Å². The molecule has 0 bridgehead atoms. The average Bonchev–Trinajstić information content (AvgIpc) is 2.11. The minimum absolute atomic E-state index is 0.978. The molecule has 0 saturated carbocycles. The van der Waals surface area contributed by atoms with E-state index in [4.69, 9.17) is 0 Å². The van der Waals surface area contributed by atoms with Crippen molar-refractivity contribution >= 4 is 0 Å². The number of rotatable bonds is 8. The van der Waals surface area contributed by atoms with E-state index in [-0.39, 0.29) is 0 Å². The van der Waals surface area contributed by atoms with Crippen LogP contribution in [0.3, 0.4) is 0 Å². The third kappa shape index (κ3) is 6.66. The van der Waals surface area contributed by atoms with E-state index < -0.39 is 0 Å². The van der Waals surface area contributed by atoms with Crippen molar-refractivity contribution in [2.24, 2.45) is 5.92 Å². The summed E-state index contributed by atoms with van der Waals surface area (Å²) in [5.74, 6) is 0.978. The Morgan fingerprint density at radius 2 is 1.67 bits per heavy atom. The molecule has 1 nitrogen and oxygen atoms in total. The normalized spacial score (nSPS) is 11.0. The van der Waals surface area contributed by atoms with Crippen molar-refractivity contribution in [3.8, 4) is 0 Å². The maximum Gasteiger partial charge on any atom is -0.00490 e. The molecular weight excluding hydrogens is 146 g/mol. The highest BCUT2D eigenvalue weighted by atomic mass is 14.8. The van der Waals surface area contributed by atoms with Crippen LogP contribution in [-0.2, 0) is 0 Å². The van der Waals surface area contributed by atoms with Gasteiger partial charge < -0.3 is 5.32 Å². The first-order valence-corrected chi connectivity index (χ1v) is 5.55. The molecule has 0 unspecified atom stereocenters. The van der Waals surface area contributed by atoms with Crippen molar-refractivity contribution in [2.45, 2.75) is 52.9 Å². The van der Waals surface area contributed by atoms with Gasteiger partial charge in [0.15, 0.2) is 0 Å². The topological polar surface area (TPSA) is 12.0 Å². The molecule has 0 aromatic heterocycles. The van der Waals surface area contributed by atoms with Crippen molar-refractivity contribution in [1.82, 2.24) is 5.32 Å². The van der Waals surface area contributed by atoms with Crippen molar-refractivity contribution in [3.05, 3.63) is 0 Å². The molecule has 0 atom stereocenters. The number of unbranched alkanes of at least 4 members (excludes halogenated alkanes) is 1. The summed E-state index contributed by atoms with van der Waals surface area (Å²) in [7, 11) is 0. The van der Waals surface area contributed by atoms with E-state index in [2.05, 4.69) is 26.1 Å². The van der Waals surface area contributed by atoms with E-state index in [1.54, 1.807) is 0 Å². The fourth-order valence-corrected chi connectivity index (χ4v) is 1.56. The van der Waals surface area contributed by atoms with Gasteiger partial charge in [-0.05, 0) is 25.4 Å². The number of hydrogen-bond donors (Lipinski definition) is 1. The Morgan fingerprint density at radius 1 is 1.00 bits per heavy atom. The van der Waals surface area contributed by atoms with E-state index >= 15 is 0 Å². The molecule has 0 amide bonds. The zero-order valence-corrected chi connectivity index (χ0v) is 9.03. The number of hydrogen-bond acceptors (Lipinski definition) is 1. The maximum atomic E-state index is 3.36. The van der Waals surface area contributed by atoms with Gasteiger partial charge in [0.1, 0.15) is 0 Å². The summed E-state index contributed by atoms with van der Waals surface area (Å²) >= 11 is 0. The van der Waals surface area contributed by atoms with Gasteiger partial charge >= 0.3 is 0 Å². The van der Waals surface area contributed by atoms with E-state index in [1.807, 2.05) is 0 Å². The maximum absolute atomic E-state index is 3.36.